The molecule has 0 radical (unpaired) electrons. The van der Waals surface area contributed by atoms with E-state index in [1.807, 2.05) is 6.07 Å². The molecule has 0 N–H and O–H groups in total. The Balaban J connectivity index is 1.59. The van der Waals surface area contributed by atoms with Crippen LogP contribution in [0.3, 0.4) is 0 Å². The predicted octanol–water partition coefficient (Wildman–Crippen LogP) is 10.1. The Labute approximate surface area is 229 Å². The number of aromatic nitrogens is 2. The van der Waals surface area contributed by atoms with Crippen molar-refractivity contribution in [3.05, 3.63) is 133 Å². The molecule has 0 spiro atoms. The summed E-state index contributed by atoms with van der Waals surface area (Å²) in [5.74, 6) is 0. The minimum atomic E-state index is 0.883. The second-order valence-corrected chi connectivity index (χ2v) is 10.3. The van der Waals surface area contributed by atoms with Gasteiger partial charge in [-0.2, -0.15) is 0 Å². The van der Waals surface area contributed by atoms with Gasteiger partial charge in [0, 0.05) is 43.3 Å². The fourth-order valence-corrected chi connectivity index (χ4v) is 6.48. The molecule has 6 aromatic carbocycles. The first-order chi connectivity index (χ1) is 19.9. The number of furan rings is 1. The molecule has 0 atom stereocenters. The Kier molecular flexibility index (Phi) is 4.33. The van der Waals surface area contributed by atoms with Crippen LogP contribution < -0.4 is 0 Å². The van der Waals surface area contributed by atoms with Crippen LogP contribution in [0.5, 0.6) is 0 Å². The average Bonchev–Trinajstić information content (AvgIpc) is 3.57. The van der Waals surface area contributed by atoms with Crippen LogP contribution in [0.4, 0.5) is 0 Å². The molecular weight excluding hydrogens is 488 g/mol. The summed E-state index contributed by atoms with van der Waals surface area (Å²) < 4.78 is 9.13. The van der Waals surface area contributed by atoms with Crippen molar-refractivity contribution in [2.45, 2.75) is 0 Å². The minimum Gasteiger partial charge on any atom is -0.454 e. The Morgan fingerprint density at radius 3 is 1.85 bits per heavy atom. The van der Waals surface area contributed by atoms with Gasteiger partial charge in [0.25, 0.3) is 0 Å². The van der Waals surface area contributed by atoms with Gasteiger partial charge < -0.3 is 8.98 Å². The van der Waals surface area contributed by atoms with Gasteiger partial charge in [-0.15, -0.1) is 0 Å². The summed E-state index contributed by atoms with van der Waals surface area (Å²) in [4.78, 5) is 5.25. The van der Waals surface area contributed by atoms with Gasteiger partial charge in [-0.05, 0) is 30.3 Å². The first-order valence-corrected chi connectivity index (χ1v) is 13.6. The largest absolute Gasteiger partial charge is 0.454 e. The Hall–Kier alpha value is -5.41. The average molecular weight is 511 g/mol. The molecule has 9 aromatic rings. The highest BCUT2D eigenvalue weighted by molar-refractivity contribution is 6.30. The van der Waals surface area contributed by atoms with Gasteiger partial charge in [0.05, 0.1) is 27.9 Å². The lowest BCUT2D eigenvalue weighted by atomic mass is 9.95. The standard InChI is InChI=1S/C37H22N2O/c1-2-12-23(13-3-1)36-28-22-32(39-30-19-9-5-14-24(30)25-15-6-10-20-31(25)39)37-35(27-17-7-11-21-33(27)40-37)34(28)26-16-4-8-18-29(26)38-36/h1-22H. The number of fused-ring (bicyclic) bond motifs is 10. The molecule has 0 saturated heterocycles. The second-order valence-electron chi connectivity index (χ2n) is 10.3. The second kappa shape index (κ2) is 8.05. The van der Waals surface area contributed by atoms with Crippen molar-refractivity contribution >= 4 is 65.4 Å². The quantitative estimate of drug-likeness (QED) is 0.217. The topological polar surface area (TPSA) is 31.0 Å². The van der Waals surface area contributed by atoms with E-state index >= 15 is 0 Å². The Morgan fingerprint density at radius 2 is 1.10 bits per heavy atom. The van der Waals surface area contributed by atoms with Gasteiger partial charge in [0.1, 0.15) is 5.58 Å². The van der Waals surface area contributed by atoms with Gasteiger partial charge in [-0.1, -0.05) is 103 Å². The molecule has 9 rings (SSSR count). The van der Waals surface area contributed by atoms with Crippen LogP contribution in [-0.4, -0.2) is 9.55 Å². The van der Waals surface area contributed by atoms with Gasteiger partial charge in [0.2, 0.25) is 0 Å². The third-order valence-electron chi connectivity index (χ3n) is 8.16. The lowest BCUT2D eigenvalue weighted by molar-refractivity contribution is 0.666. The summed E-state index contributed by atoms with van der Waals surface area (Å²) >= 11 is 0. The third-order valence-corrected chi connectivity index (χ3v) is 8.16. The summed E-state index contributed by atoms with van der Waals surface area (Å²) in [6.45, 7) is 0. The molecule has 186 valence electrons. The third kappa shape index (κ3) is 2.86. The number of para-hydroxylation sites is 4. The minimum absolute atomic E-state index is 0.883. The molecule has 40 heavy (non-hydrogen) atoms. The molecule has 0 aliphatic heterocycles. The van der Waals surface area contributed by atoms with Crippen molar-refractivity contribution in [1.29, 1.82) is 0 Å². The van der Waals surface area contributed by atoms with E-state index in [1.165, 1.54) is 16.2 Å². The molecular formula is C37H22N2O. The van der Waals surface area contributed by atoms with Crippen LogP contribution >= 0.6 is 0 Å². The summed E-state index contributed by atoms with van der Waals surface area (Å²) in [5, 5.41) is 8.10. The van der Waals surface area contributed by atoms with Crippen molar-refractivity contribution < 1.29 is 4.42 Å². The summed E-state index contributed by atoms with van der Waals surface area (Å²) in [6, 6.07) is 46.9. The van der Waals surface area contributed by atoms with E-state index < -0.39 is 0 Å². The maximum atomic E-state index is 6.77. The molecule has 0 amide bonds. The maximum absolute atomic E-state index is 6.77. The summed E-state index contributed by atoms with van der Waals surface area (Å²) in [7, 11) is 0. The van der Waals surface area contributed by atoms with Crippen LogP contribution in [0.25, 0.3) is 82.4 Å². The zero-order chi connectivity index (χ0) is 26.2. The Bertz CT molecular complexity index is 2380. The molecule has 0 aliphatic rings. The molecule has 0 aliphatic carbocycles. The predicted molar refractivity (Wildman–Crippen MR) is 166 cm³/mol. The summed E-state index contributed by atoms with van der Waals surface area (Å²) in [6.07, 6.45) is 0. The van der Waals surface area contributed by atoms with E-state index in [1.54, 1.807) is 0 Å². The van der Waals surface area contributed by atoms with Crippen LogP contribution in [0.15, 0.2) is 138 Å². The smallest absolute Gasteiger partial charge is 0.160 e. The lowest BCUT2D eigenvalue weighted by Gasteiger charge is -2.15. The van der Waals surface area contributed by atoms with Gasteiger partial charge in [0.15, 0.2) is 5.58 Å². The zero-order valence-corrected chi connectivity index (χ0v) is 21.5. The van der Waals surface area contributed by atoms with Crippen molar-refractivity contribution in [2.24, 2.45) is 0 Å². The number of pyridine rings is 1. The van der Waals surface area contributed by atoms with Gasteiger partial charge >= 0.3 is 0 Å². The molecule has 0 unspecified atom stereocenters. The van der Waals surface area contributed by atoms with Crippen molar-refractivity contribution in [3.63, 3.8) is 0 Å². The number of hydrogen-bond donors (Lipinski definition) is 0. The molecule has 3 heteroatoms. The van der Waals surface area contributed by atoms with E-state index in [9.17, 15) is 0 Å². The molecule has 3 aromatic heterocycles. The van der Waals surface area contributed by atoms with E-state index in [-0.39, 0.29) is 0 Å². The number of benzene rings is 6. The van der Waals surface area contributed by atoms with Crippen LogP contribution in [0.1, 0.15) is 0 Å². The Morgan fingerprint density at radius 1 is 0.500 bits per heavy atom. The van der Waals surface area contributed by atoms with Crippen LogP contribution in [0.2, 0.25) is 0 Å². The number of nitrogens with zero attached hydrogens (tertiary/aromatic N) is 2. The monoisotopic (exact) mass is 510 g/mol. The normalized spacial score (nSPS) is 12.0. The highest BCUT2D eigenvalue weighted by Gasteiger charge is 2.23. The van der Waals surface area contributed by atoms with Crippen molar-refractivity contribution in [1.82, 2.24) is 9.55 Å². The molecule has 0 bridgehead atoms. The number of hydrogen-bond acceptors (Lipinski definition) is 2. The highest BCUT2D eigenvalue weighted by atomic mass is 16.3. The van der Waals surface area contributed by atoms with E-state index in [0.717, 1.165) is 66.2 Å². The summed E-state index contributed by atoms with van der Waals surface area (Å²) in [5.41, 5.74) is 8.14. The molecule has 0 fully saturated rings. The van der Waals surface area contributed by atoms with E-state index in [0.29, 0.717) is 0 Å². The molecule has 0 saturated carbocycles. The van der Waals surface area contributed by atoms with Crippen LogP contribution in [0, 0.1) is 0 Å². The van der Waals surface area contributed by atoms with Gasteiger partial charge in [-0.25, -0.2) is 4.98 Å². The van der Waals surface area contributed by atoms with E-state index in [2.05, 4.69) is 132 Å². The van der Waals surface area contributed by atoms with Crippen molar-refractivity contribution in [3.8, 4) is 16.9 Å². The number of rotatable bonds is 2. The zero-order valence-electron chi connectivity index (χ0n) is 21.5. The maximum Gasteiger partial charge on any atom is 0.160 e. The first-order valence-electron chi connectivity index (χ1n) is 13.6. The SMILES string of the molecule is c1ccc(-c2nc3ccccc3c3c2cc(-n2c4ccccc4c4ccccc42)c2oc4ccccc4c23)cc1. The first kappa shape index (κ1) is 21.5. The van der Waals surface area contributed by atoms with Crippen LogP contribution in [-0.2, 0) is 0 Å². The lowest BCUT2D eigenvalue weighted by Crippen LogP contribution is -1.97. The fraction of sp³-hybridized carbons (Fsp3) is 0. The molecule has 3 nitrogen and oxygen atoms in total. The van der Waals surface area contributed by atoms with Crippen molar-refractivity contribution in [2.75, 3.05) is 0 Å². The fourth-order valence-electron chi connectivity index (χ4n) is 6.48. The van der Waals surface area contributed by atoms with E-state index in [4.69, 9.17) is 9.40 Å². The highest BCUT2D eigenvalue weighted by Crippen LogP contribution is 2.45. The van der Waals surface area contributed by atoms with Gasteiger partial charge in [-0.3, -0.25) is 0 Å². The molecule has 3 heterocycles.